The quantitative estimate of drug-likeness (QED) is 0.744. The van der Waals surface area contributed by atoms with Crippen molar-refractivity contribution in [2.45, 2.75) is 45.7 Å². The molecule has 0 saturated heterocycles. The number of carboxylic acid groups (broad SMARTS) is 1. The van der Waals surface area contributed by atoms with Crippen molar-refractivity contribution in [1.29, 1.82) is 0 Å². The molecule has 0 aromatic carbocycles. The van der Waals surface area contributed by atoms with E-state index < -0.39 is 5.97 Å². The van der Waals surface area contributed by atoms with Gasteiger partial charge in [-0.2, -0.15) is 0 Å². The van der Waals surface area contributed by atoms with Gasteiger partial charge in [0.1, 0.15) is 0 Å². The second-order valence-corrected chi connectivity index (χ2v) is 3.76. The van der Waals surface area contributed by atoms with Crippen molar-refractivity contribution in [3.05, 3.63) is 17.5 Å². The minimum atomic E-state index is -1.06. The molecule has 1 aromatic rings. The second kappa shape index (κ2) is 6.27. The van der Waals surface area contributed by atoms with Crippen molar-refractivity contribution >= 4 is 5.97 Å². The fraction of sp³-hybridized carbons (Fsp3) is 0.636. The minimum absolute atomic E-state index is 0.0414. The summed E-state index contributed by atoms with van der Waals surface area (Å²) in [5.41, 5.74) is -0.0414. The molecule has 5 heteroatoms. The Morgan fingerprint density at radius 1 is 1.62 bits per heavy atom. The van der Waals surface area contributed by atoms with Gasteiger partial charge in [-0.05, 0) is 12.8 Å². The third-order valence-electron chi connectivity index (χ3n) is 2.47. The van der Waals surface area contributed by atoms with Crippen molar-refractivity contribution in [3.8, 4) is 0 Å². The van der Waals surface area contributed by atoms with Crippen LogP contribution < -0.4 is 5.32 Å². The molecule has 5 nitrogen and oxygen atoms in total. The first-order chi connectivity index (χ1) is 7.67. The molecule has 0 spiro atoms. The SMILES string of the molecule is CCCC(CC)NCc1cc(C(=O)O)no1. The van der Waals surface area contributed by atoms with Crippen LogP contribution in [0.2, 0.25) is 0 Å². The topological polar surface area (TPSA) is 75.4 Å². The van der Waals surface area contributed by atoms with E-state index in [1.54, 1.807) is 0 Å². The molecule has 0 amide bonds. The van der Waals surface area contributed by atoms with E-state index >= 15 is 0 Å². The average Bonchev–Trinajstić information content (AvgIpc) is 2.73. The standard InChI is InChI=1S/C11H18N2O3/c1-3-5-8(4-2)12-7-9-6-10(11(14)15)13-16-9/h6,8,12H,3-5,7H2,1-2H3,(H,14,15). The lowest BCUT2D eigenvalue weighted by molar-refractivity contribution is 0.0685. The fourth-order valence-electron chi connectivity index (χ4n) is 1.54. The highest BCUT2D eigenvalue weighted by molar-refractivity contribution is 5.85. The maximum atomic E-state index is 10.6. The number of rotatable bonds is 7. The molecule has 0 fully saturated rings. The van der Waals surface area contributed by atoms with Crippen LogP contribution in [0.5, 0.6) is 0 Å². The molecule has 0 aliphatic rings. The van der Waals surface area contributed by atoms with Gasteiger partial charge in [-0.1, -0.05) is 25.4 Å². The van der Waals surface area contributed by atoms with E-state index in [4.69, 9.17) is 9.63 Å². The summed E-state index contributed by atoms with van der Waals surface area (Å²) in [5.74, 6) is -0.498. The zero-order chi connectivity index (χ0) is 12.0. The zero-order valence-corrected chi connectivity index (χ0v) is 9.69. The molecule has 0 saturated carbocycles. The molecule has 1 rings (SSSR count). The zero-order valence-electron chi connectivity index (χ0n) is 9.69. The molecule has 1 aromatic heterocycles. The van der Waals surface area contributed by atoms with E-state index in [0.717, 1.165) is 19.3 Å². The molecule has 1 unspecified atom stereocenters. The molecule has 0 radical (unpaired) electrons. The van der Waals surface area contributed by atoms with Crippen LogP contribution in [0.1, 0.15) is 49.4 Å². The lowest BCUT2D eigenvalue weighted by Crippen LogP contribution is -2.27. The van der Waals surface area contributed by atoms with Gasteiger partial charge in [-0.25, -0.2) is 4.79 Å². The van der Waals surface area contributed by atoms with Gasteiger partial charge >= 0.3 is 5.97 Å². The van der Waals surface area contributed by atoms with Crippen LogP contribution in [0.4, 0.5) is 0 Å². The van der Waals surface area contributed by atoms with Gasteiger partial charge in [0.2, 0.25) is 0 Å². The highest BCUT2D eigenvalue weighted by Crippen LogP contribution is 2.06. The fourth-order valence-corrected chi connectivity index (χ4v) is 1.54. The lowest BCUT2D eigenvalue weighted by Gasteiger charge is -2.14. The van der Waals surface area contributed by atoms with Crippen LogP contribution >= 0.6 is 0 Å². The van der Waals surface area contributed by atoms with E-state index in [9.17, 15) is 4.79 Å². The molecule has 16 heavy (non-hydrogen) atoms. The first-order valence-electron chi connectivity index (χ1n) is 5.59. The maximum absolute atomic E-state index is 10.6. The summed E-state index contributed by atoms with van der Waals surface area (Å²) >= 11 is 0. The summed E-state index contributed by atoms with van der Waals surface area (Å²) in [5, 5.41) is 15.4. The molecular weight excluding hydrogens is 208 g/mol. The number of carboxylic acids is 1. The Morgan fingerprint density at radius 3 is 2.88 bits per heavy atom. The molecule has 0 aliphatic heterocycles. The van der Waals surface area contributed by atoms with Gasteiger partial charge in [0.25, 0.3) is 0 Å². The average molecular weight is 226 g/mol. The van der Waals surface area contributed by atoms with Gasteiger partial charge in [-0.15, -0.1) is 0 Å². The highest BCUT2D eigenvalue weighted by Gasteiger charge is 2.11. The highest BCUT2D eigenvalue weighted by atomic mass is 16.5. The molecule has 1 heterocycles. The monoisotopic (exact) mass is 226 g/mol. The van der Waals surface area contributed by atoms with Crippen molar-refractivity contribution < 1.29 is 14.4 Å². The van der Waals surface area contributed by atoms with Gasteiger partial charge in [0, 0.05) is 12.1 Å². The molecule has 1 atom stereocenters. The van der Waals surface area contributed by atoms with Crippen LogP contribution in [-0.2, 0) is 6.54 Å². The van der Waals surface area contributed by atoms with Gasteiger partial charge < -0.3 is 14.9 Å². The summed E-state index contributed by atoms with van der Waals surface area (Å²) in [6.07, 6.45) is 3.28. The van der Waals surface area contributed by atoms with Crippen LogP contribution in [0.3, 0.4) is 0 Å². The molecule has 0 aliphatic carbocycles. The molecule has 90 valence electrons. The van der Waals surface area contributed by atoms with Crippen LogP contribution in [0, 0.1) is 0 Å². The third-order valence-corrected chi connectivity index (χ3v) is 2.47. The Labute approximate surface area is 94.8 Å². The number of aromatic carboxylic acids is 1. The second-order valence-electron chi connectivity index (χ2n) is 3.76. The number of aromatic nitrogens is 1. The summed E-state index contributed by atoms with van der Waals surface area (Å²) in [6.45, 7) is 4.79. The summed E-state index contributed by atoms with van der Waals surface area (Å²) < 4.78 is 4.91. The first kappa shape index (κ1) is 12.7. The summed E-state index contributed by atoms with van der Waals surface area (Å²) in [6, 6.07) is 1.90. The molecule has 0 bridgehead atoms. The maximum Gasteiger partial charge on any atom is 0.358 e. The van der Waals surface area contributed by atoms with Crippen LogP contribution in [0.25, 0.3) is 0 Å². The summed E-state index contributed by atoms with van der Waals surface area (Å²) in [4.78, 5) is 10.6. The van der Waals surface area contributed by atoms with Crippen molar-refractivity contribution in [1.82, 2.24) is 10.5 Å². The third kappa shape index (κ3) is 3.66. The Bertz CT molecular complexity index is 336. The van der Waals surface area contributed by atoms with E-state index in [1.165, 1.54) is 6.07 Å². The van der Waals surface area contributed by atoms with Gasteiger partial charge in [-0.3, -0.25) is 0 Å². The summed E-state index contributed by atoms with van der Waals surface area (Å²) in [7, 11) is 0. The van der Waals surface area contributed by atoms with Crippen molar-refractivity contribution in [3.63, 3.8) is 0 Å². The Hall–Kier alpha value is -1.36. The lowest BCUT2D eigenvalue weighted by atomic mass is 10.1. The number of nitrogens with zero attached hydrogens (tertiary/aromatic N) is 1. The Kier molecular flexibility index (Phi) is 4.98. The minimum Gasteiger partial charge on any atom is -0.476 e. The molecule has 2 N–H and O–H groups in total. The van der Waals surface area contributed by atoms with E-state index in [1.807, 2.05) is 0 Å². The predicted octanol–water partition coefficient (Wildman–Crippen LogP) is 2.04. The smallest absolute Gasteiger partial charge is 0.358 e. The van der Waals surface area contributed by atoms with Crippen LogP contribution in [-0.4, -0.2) is 22.3 Å². The Morgan fingerprint density at radius 2 is 2.38 bits per heavy atom. The van der Waals surface area contributed by atoms with Gasteiger partial charge in [0.05, 0.1) is 6.54 Å². The molecular formula is C11H18N2O3. The normalized spacial score (nSPS) is 12.6. The van der Waals surface area contributed by atoms with E-state index in [0.29, 0.717) is 18.3 Å². The predicted molar refractivity (Wildman–Crippen MR) is 59.3 cm³/mol. The number of hydrogen-bond acceptors (Lipinski definition) is 4. The van der Waals surface area contributed by atoms with E-state index in [-0.39, 0.29) is 5.69 Å². The van der Waals surface area contributed by atoms with Crippen molar-refractivity contribution in [2.75, 3.05) is 0 Å². The number of nitrogens with one attached hydrogen (secondary N) is 1. The Balaban J connectivity index is 2.44. The van der Waals surface area contributed by atoms with Crippen LogP contribution in [0.15, 0.2) is 10.6 Å². The van der Waals surface area contributed by atoms with Crippen molar-refractivity contribution in [2.24, 2.45) is 0 Å². The number of hydrogen-bond donors (Lipinski definition) is 2. The number of carbonyl (C=O) groups is 1. The first-order valence-corrected chi connectivity index (χ1v) is 5.59. The largest absolute Gasteiger partial charge is 0.476 e. The van der Waals surface area contributed by atoms with Gasteiger partial charge in [0.15, 0.2) is 11.5 Å². The van der Waals surface area contributed by atoms with E-state index in [2.05, 4.69) is 24.3 Å².